The lowest BCUT2D eigenvalue weighted by Crippen LogP contribution is -2.25. The van der Waals surface area contributed by atoms with E-state index in [1.165, 1.54) is 10.9 Å². The van der Waals surface area contributed by atoms with Crippen molar-refractivity contribution in [1.82, 2.24) is 15.3 Å². The van der Waals surface area contributed by atoms with Crippen molar-refractivity contribution in [3.8, 4) is 0 Å². The van der Waals surface area contributed by atoms with Crippen molar-refractivity contribution in [2.45, 2.75) is 6.42 Å². The Morgan fingerprint density at radius 2 is 2.12 bits per heavy atom. The Labute approximate surface area is 142 Å². The summed E-state index contributed by atoms with van der Waals surface area (Å²) in [6.07, 6.45) is 2.74. The fraction of sp³-hybridized carbons (Fsp3) is 0.111. The van der Waals surface area contributed by atoms with E-state index in [9.17, 15) is 4.79 Å². The molecule has 0 radical (unpaired) electrons. The van der Waals surface area contributed by atoms with Gasteiger partial charge in [0, 0.05) is 29.2 Å². The maximum absolute atomic E-state index is 12.3. The quantitative estimate of drug-likeness (QED) is 0.591. The van der Waals surface area contributed by atoms with E-state index in [-0.39, 0.29) is 11.3 Å². The van der Waals surface area contributed by atoms with E-state index < -0.39 is 0 Å². The third kappa shape index (κ3) is 2.74. The van der Waals surface area contributed by atoms with Gasteiger partial charge in [-0.05, 0) is 47.9 Å². The summed E-state index contributed by atoms with van der Waals surface area (Å²) >= 11 is 5.72. The molecule has 0 aliphatic rings. The number of aromatic amines is 1. The normalized spacial score (nSPS) is 11.2. The summed E-state index contributed by atoms with van der Waals surface area (Å²) in [5, 5.41) is 4.18. The van der Waals surface area contributed by atoms with Gasteiger partial charge in [-0.15, -0.1) is 0 Å². The summed E-state index contributed by atoms with van der Waals surface area (Å²) in [4.78, 5) is 19.5. The monoisotopic (exact) mass is 339 g/mol. The van der Waals surface area contributed by atoms with Gasteiger partial charge in [0.2, 0.25) is 0 Å². The third-order valence-corrected chi connectivity index (χ3v) is 4.14. The highest BCUT2D eigenvalue weighted by atomic mass is 35.5. The topological polar surface area (TPSA) is 70.9 Å². The second kappa shape index (κ2) is 6.02. The number of fused-ring (bicyclic) bond motifs is 2. The van der Waals surface area contributed by atoms with E-state index >= 15 is 0 Å². The van der Waals surface area contributed by atoms with Gasteiger partial charge in [0.05, 0.1) is 0 Å². The number of halogens is 1. The van der Waals surface area contributed by atoms with E-state index in [1.807, 2.05) is 24.4 Å². The smallest absolute Gasteiger partial charge is 0.293 e. The predicted molar refractivity (Wildman–Crippen MR) is 93.4 cm³/mol. The molecular formula is C18H14ClN3O2. The van der Waals surface area contributed by atoms with E-state index in [0.29, 0.717) is 23.2 Å². The van der Waals surface area contributed by atoms with Crippen molar-refractivity contribution in [3.63, 3.8) is 0 Å². The number of para-hydroxylation sites is 1. The number of H-pyrrole nitrogens is 1. The average Bonchev–Trinajstić information content (AvgIpc) is 3.16. The van der Waals surface area contributed by atoms with Crippen molar-refractivity contribution >= 4 is 39.5 Å². The minimum Gasteiger partial charge on any atom is -0.428 e. The van der Waals surface area contributed by atoms with E-state index in [0.717, 1.165) is 11.9 Å². The molecule has 0 aliphatic heterocycles. The molecule has 0 atom stereocenters. The first-order chi connectivity index (χ1) is 11.7. The van der Waals surface area contributed by atoms with Crippen LogP contribution in [0.4, 0.5) is 0 Å². The Balaban J connectivity index is 1.44. The number of rotatable bonds is 4. The van der Waals surface area contributed by atoms with Crippen LogP contribution in [-0.2, 0) is 6.42 Å². The number of hydrogen-bond acceptors (Lipinski definition) is 3. The second-order valence-corrected chi connectivity index (χ2v) is 5.84. The number of nitrogens with one attached hydrogen (secondary N) is 2. The standard InChI is InChI=1S/C18H14ClN3O2/c19-18-22-15-6-5-11(9-16(15)24-18)17(23)20-8-7-12-10-21-14-4-2-1-3-13(12)14/h1-6,9-10,21H,7-8H2,(H,20,23). The van der Waals surface area contributed by atoms with Gasteiger partial charge in [-0.3, -0.25) is 4.79 Å². The Bertz CT molecular complexity index is 1040. The average molecular weight is 340 g/mol. The fourth-order valence-corrected chi connectivity index (χ4v) is 2.96. The molecule has 120 valence electrons. The zero-order valence-corrected chi connectivity index (χ0v) is 13.4. The highest BCUT2D eigenvalue weighted by molar-refractivity contribution is 6.28. The molecule has 2 aromatic carbocycles. The molecule has 0 unspecified atom stereocenters. The number of carbonyl (C=O) groups is 1. The lowest BCUT2D eigenvalue weighted by molar-refractivity contribution is 0.0954. The maximum atomic E-state index is 12.3. The summed E-state index contributed by atoms with van der Waals surface area (Å²) in [7, 11) is 0. The van der Waals surface area contributed by atoms with Crippen molar-refractivity contribution in [1.29, 1.82) is 0 Å². The van der Waals surface area contributed by atoms with Crippen LogP contribution in [0.5, 0.6) is 0 Å². The second-order valence-electron chi connectivity index (χ2n) is 5.51. The van der Waals surface area contributed by atoms with Crippen LogP contribution in [0.3, 0.4) is 0 Å². The maximum Gasteiger partial charge on any atom is 0.293 e. The summed E-state index contributed by atoms with van der Waals surface area (Å²) in [6.45, 7) is 0.551. The number of aromatic nitrogens is 2. The summed E-state index contributed by atoms with van der Waals surface area (Å²) in [5.74, 6) is -0.149. The van der Waals surface area contributed by atoms with E-state index in [2.05, 4.69) is 21.4 Å². The van der Waals surface area contributed by atoms with Crippen molar-refractivity contribution < 1.29 is 9.21 Å². The van der Waals surface area contributed by atoms with Crippen LogP contribution >= 0.6 is 11.6 Å². The largest absolute Gasteiger partial charge is 0.428 e. The van der Waals surface area contributed by atoms with E-state index in [1.54, 1.807) is 18.2 Å². The zero-order chi connectivity index (χ0) is 16.5. The number of carbonyl (C=O) groups excluding carboxylic acids is 1. The number of benzene rings is 2. The van der Waals surface area contributed by atoms with Crippen molar-refractivity contribution in [2.24, 2.45) is 0 Å². The highest BCUT2D eigenvalue weighted by Crippen LogP contribution is 2.20. The van der Waals surface area contributed by atoms with Gasteiger partial charge in [0.1, 0.15) is 5.52 Å². The molecule has 2 aromatic heterocycles. The molecule has 24 heavy (non-hydrogen) atoms. The Morgan fingerprint density at radius 1 is 1.25 bits per heavy atom. The predicted octanol–water partition coefficient (Wildman–Crippen LogP) is 3.94. The van der Waals surface area contributed by atoms with Crippen LogP contribution in [-0.4, -0.2) is 22.4 Å². The minimum atomic E-state index is -0.149. The lowest BCUT2D eigenvalue weighted by atomic mass is 10.1. The van der Waals surface area contributed by atoms with Gasteiger partial charge in [-0.2, -0.15) is 4.98 Å². The van der Waals surface area contributed by atoms with Crippen LogP contribution in [0.2, 0.25) is 5.35 Å². The molecule has 4 rings (SSSR count). The van der Waals surface area contributed by atoms with Crippen LogP contribution < -0.4 is 5.32 Å². The first-order valence-electron chi connectivity index (χ1n) is 7.60. The number of nitrogens with zero attached hydrogens (tertiary/aromatic N) is 1. The van der Waals surface area contributed by atoms with Gasteiger partial charge < -0.3 is 14.7 Å². The van der Waals surface area contributed by atoms with Crippen LogP contribution in [0.15, 0.2) is 53.1 Å². The van der Waals surface area contributed by atoms with Gasteiger partial charge >= 0.3 is 0 Å². The highest BCUT2D eigenvalue weighted by Gasteiger charge is 2.10. The summed E-state index contributed by atoms with van der Waals surface area (Å²) < 4.78 is 5.24. The molecule has 0 saturated heterocycles. The lowest BCUT2D eigenvalue weighted by Gasteiger charge is -2.05. The molecule has 5 nitrogen and oxygen atoms in total. The van der Waals surface area contributed by atoms with Gasteiger partial charge in [0.25, 0.3) is 11.3 Å². The molecule has 0 fully saturated rings. The van der Waals surface area contributed by atoms with Crippen LogP contribution in [0.25, 0.3) is 22.0 Å². The first kappa shape index (κ1) is 14.8. The summed E-state index contributed by atoms with van der Waals surface area (Å²) in [5.41, 5.74) is 3.95. The third-order valence-electron chi connectivity index (χ3n) is 3.98. The number of oxazole rings is 1. The molecule has 0 aliphatic carbocycles. The fourth-order valence-electron chi connectivity index (χ4n) is 2.79. The molecule has 2 heterocycles. The number of amides is 1. The molecule has 6 heteroatoms. The van der Waals surface area contributed by atoms with Crippen molar-refractivity contribution in [3.05, 3.63) is 65.1 Å². The summed E-state index contributed by atoms with van der Waals surface area (Å²) in [6, 6.07) is 13.2. The SMILES string of the molecule is O=C(NCCc1c[nH]c2ccccc12)c1ccc2nc(Cl)oc2c1. The zero-order valence-electron chi connectivity index (χ0n) is 12.7. The molecule has 4 aromatic rings. The van der Waals surface area contributed by atoms with Gasteiger partial charge in [0.15, 0.2) is 5.58 Å². The Hall–Kier alpha value is -2.79. The minimum absolute atomic E-state index is 0.0712. The molecule has 0 saturated carbocycles. The molecule has 0 bridgehead atoms. The van der Waals surface area contributed by atoms with Crippen molar-refractivity contribution in [2.75, 3.05) is 6.54 Å². The first-order valence-corrected chi connectivity index (χ1v) is 7.98. The molecule has 1 amide bonds. The molecular weight excluding hydrogens is 326 g/mol. The van der Waals surface area contributed by atoms with Gasteiger partial charge in [-0.25, -0.2) is 0 Å². The Kier molecular flexibility index (Phi) is 3.70. The molecule has 2 N–H and O–H groups in total. The van der Waals surface area contributed by atoms with Gasteiger partial charge in [-0.1, -0.05) is 18.2 Å². The molecule has 0 spiro atoms. The number of hydrogen-bond donors (Lipinski definition) is 2. The Morgan fingerprint density at radius 3 is 3.04 bits per heavy atom. The van der Waals surface area contributed by atoms with E-state index in [4.69, 9.17) is 16.0 Å². The van der Waals surface area contributed by atoms with Crippen LogP contribution in [0, 0.1) is 0 Å². The van der Waals surface area contributed by atoms with Crippen LogP contribution in [0.1, 0.15) is 15.9 Å².